The van der Waals surface area contributed by atoms with Crippen LogP contribution < -0.4 is 0 Å². The van der Waals surface area contributed by atoms with E-state index in [1.807, 2.05) is 36.4 Å². The van der Waals surface area contributed by atoms with Crippen molar-refractivity contribution in [3.8, 4) is 56.4 Å². The topological polar surface area (TPSA) is 51.8 Å². The molecule has 2 aromatic heterocycles. The van der Waals surface area contributed by atoms with Gasteiger partial charge >= 0.3 is 0 Å². The minimum Gasteiger partial charge on any atom is -0.460 e. The number of aromatic nitrogens is 3. The molecule has 7 aromatic carbocycles. The average Bonchev–Trinajstić information content (AvgIpc) is 3.63. The lowest BCUT2D eigenvalue weighted by atomic mass is 9.88. The van der Waals surface area contributed by atoms with Gasteiger partial charge in [0.15, 0.2) is 17.5 Å². The van der Waals surface area contributed by atoms with Gasteiger partial charge in [0.25, 0.3) is 0 Å². The second-order valence-corrected chi connectivity index (χ2v) is 13.5. The highest BCUT2D eigenvalue weighted by Crippen LogP contribution is 2.43. The predicted octanol–water partition coefficient (Wildman–Crippen LogP) is 12.5. The Morgan fingerprint density at radius 1 is 0.415 bits per heavy atom. The Hall–Kier alpha value is -6.91. The molecule has 0 atom stereocenters. The molecule has 0 radical (unpaired) electrons. The maximum absolute atomic E-state index is 6.75. The summed E-state index contributed by atoms with van der Waals surface area (Å²) >= 11 is 0. The van der Waals surface area contributed by atoms with Gasteiger partial charge in [0.1, 0.15) is 11.3 Å². The van der Waals surface area contributed by atoms with Crippen molar-refractivity contribution in [2.24, 2.45) is 0 Å². The Kier molecular flexibility index (Phi) is 7.58. The zero-order valence-corrected chi connectivity index (χ0v) is 28.9. The molecule has 4 nitrogen and oxygen atoms in total. The molecule has 1 aliphatic carbocycles. The van der Waals surface area contributed by atoms with E-state index < -0.39 is 0 Å². The van der Waals surface area contributed by atoms with Crippen molar-refractivity contribution >= 4 is 27.3 Å². The SMILES string of the molecule is C1=C(c2cccc(-c3nc(-c4ccccc4)nc(-c4ccc(-c5ccccc5)cc4)n3)c2)c2c(oc3c(-c4ccc5ccccc5c4)cccc23)CC1. The number of rotatable bonds is 6. The van der Waals surface area contributed by atoms with Crippen molar-refractivity contribution < 1.29 is 4.42 Å². The van der Waals surface area contributed by atoms with Crippen LogP contribution in [-0.4, -0.2) is 15.0 Å². The smallest absolute Gasteiger partial charge is 0.164 e. The molecule has 53 heavy (non-hydrogen) atoms. The third-order valence-corrected chi connectivity index (χ3v) is 10.2. The number of fused-ring (bicyclic) bond motifs is 4. The summed E-state index contributed by atoms with van der Waals surface area (Å²) in [5.41, 5.74) is 11.8. The lowest BCUT2D eigenvalue weighted by molar-refractivity contribution is 0.546. The molecule has 0 spiro atoms. The highest BCUT2D eigenvalue weighted by molar-refractivity contribution is 6.04. The Morgan fingerprint density at radius 2 is 0.981 bits per heavy atom. The van der Waals surface area contributed by atoms with E-state index in [-0.39, 0.29) is 0 Å². The van der Waals surface area contributed by atoms with E-state index >= 15 is 0 Å². The summed E-state index contributed by atoms with van der Waals surface area (Å²) in [4.78, 5) is 15.1. The molecule has 0 saturated heterocycles. The van der Waals surface area contributed by atoms with E-state index in [0.29, 0.717) is 17.5 Å². The van der Waals surface area contributed by atoms with E-state index in [9.17, 15) is 0 Å². The first-order valence-corrected chi connectivity index (χ1v) is 18.1. The minimum absolute atomic E-state index is 0.634. The Morgan fingerprint density at radius 3 is 1.75 bits per heavy atom. The fourth-order valence-electron chi connectivity index (χ4n) is 7.55. The average molecular weight is 680 g/mol. The number of hydrogen-bond donors (Lipinski definition) is 0. The van der Waals surface area contributed by atoms with Gasteiger partial charge in [0.05, 0.1) is 0 Å². The Balaban J connectivity index is 1.06. The number of nitrogens with zero attached hydrogens (tertiary/aromatic N) is 3. The maximum Gasteiger partial charge on any atom is 0.164 e. The van der Waals surface area contributed by atoms with Gasteiger partial charge in [-0.2, -0.15) is 0 Å². The first-order valence-electron chi connectivity index (χ1n) is 18.1. The molecule has 0 unspecified atom stereocenters. The van der Waals surface area contributed by atoms with Crippen LogP contribution in [-0.2, 0) is 6.42 Å². The number of benzene rings is 7. The molecule has 0 N–H and O–H groups in total. The van der Waals surface area contributed by atoms with Gasteiger partial charge in [-0.05, 0) is 57.2 Å². The number of hydrogen-bond acceptors (Lipinski definition) is 4. The summed E-state index contributed by atoms with van der Waals surface area (Å²) in [5.74, 6) is 2.95. The number of allylic oxidation sites excluding steroid dienone is 1. The van der Waals surface area contributed by atoms with E-state index in [1.165, 1.54) is 27.5 Å². The van der Waals surface area contributed by atoms with E-state index in [2.05, 4.69) is 140 Å². The summed E-state index contributed by atoms with van der Waals surface area (Å²) in [5, 5.41) is 3.58. The third kappa shape index (κ3) is 5.71. The van der Waals surface area contributed by atoms with Crippen molar-refractivity contribution in [1.29, 1.82) is 0 Å². The Labute approximate surface area is 307 Å². The van der Waals surface area contributed by atoms with Crippen molar-refractivity contribution in [1.82, 2.24) is 15.0 Å². The van der Waals surface area contributed by atoms with Crippen LogP contribution in [0.25, 0.3) is 83.7 Å². The summed E-state index contributed by atoms with van der Waals surface area (Å²) in [6.45, 7) is 0. The zero-order valence-electron chi connectivity index (χ0n) is 28.9. The standard InChI is InChI=1S/C49H33N3O/c1-3-12-32(13-4-1)34-24-27-36(28-25-34)48-50-47(35-15-5-2-6-16-35)51-49(52-48)40-19-9-18-38(31-40)41-20-11-23-44-45(41)43-22-10-21-42(46(43)53-44)39-29-26-33-14-7-8-17-37(33)30-39/h1-10,12-22,24-31H,11,23H2. The van der Waals surface area contributed by atoms with Crippen molar-refractivity contribution in [3.63, 3.8) is 0 Å². The summed E-state index contributed by atoms with van der Waals surface area (Å²) in [6, 6.07) is 59.2. The van der Waals surface area contributed by atoms with Gasteiger partial charge in [0, 0.05) is 39.6 Å². The van der Waals surface area contributed by atoms with Crippen LogP contribution in [0.5, 0.6) is 0 Å². The largest absolute Gasteiger partial charge is 0.460 e. The van der Waals surface area contributed by atoms with Crippen LogP contribution in [0.15, 0.2) is 180 Å². The van der Waals surface area contributed by atoms with Gasteiger partial charge in [-0.1, -0.05) is 164 Å². The summed E-state index contributed by atoms with van der Waals surface area (Å²) in [7, 11) is 0. The van der Waals surface area contributed by atoms with Crippen LogP contribution >= 0.6 is 0 Å². The van der Waals surface area contributed by atoms with Crippen LogP contribution in [0.3, 0.4) is 0 Å². The minimum atomic E-state index is 0.634. The molecule has 9 aromatic rings. The van der Waals surface area contributed by atoms with E-state index in [4.69, 9.17) is 19.4 Å². The van der Waals surface area contributed by atoms with Crippen molar-refractivity contribution in [3.05, 3.63) is 193 Å². The third-order valence-electron chi connectivity index (χ3n) is 10.2. The van der Waals surface area contributed by atoms with Crippen LogP contribution in [0.4, 0.5) is 0 Å². The molecule has 10 rings (SSSR count). The highest BCUT2D eigenvalue weighted by Gasteiger charge is 2.24. The normalized spacial score (nSPS) is 12.5. The number of aryl methyl sites for hydroxylation is 1. The van der Waals surface area contributed by atoms with Gasteiger partial charge in [0.2, 0.25) is 0 Å². The predicted molar refractivity (Wildman–Crippen MR) is 216 cm³/mol. The highest BCUT2D eigenvalue weighted by atomic mass is 16.3. The zero-order chi connectivity index (χ0) is 35.1. The maximum atomic E-state index is 6.75. The molecule has 2 heterocycles. The molecule has 4 heteroatoms. The van der Waals surface area contributed by atoms with Crippen LogP contribution in [0.2, 0.25) is 0 Å². The molecule has 0 saturated carbocycles. The number of furan rings is 1. The lowest BCUT2D eigenvalue weighted by Gasteiger charge is -2.15. The molecule has 250 valence electrons. The summed E-state index contributed by atoms with van der Waals surface area (Å²) < 4.78 is 6.75. The van der Waals surface area contributed by atoms with Crippen molar-refractivity contribution in [2.45, 2.75) is 12.8 Å². The molecule has 0 amide bonds. The Bertz CT molecular complexity index is 2820. The molecule has 1 aliphatic rings. The second-order valence-electron chi connectivity index (χ2n) is 13.5. The van der Waals surface area contributed by atoms with Gasteiger partial charge < -0.3 is 4.42 Å². The summed E-state index contributed by atoms with van der Waals surface area (Å²) in [6.07, 6.45) is 4.12. The molecule has 0 bridgehead atoms. The van der Waals surface area contributed by atoms with Crippen LogP contribution in [0.1, 0.15) is 23.3 Å². The van der Waals surface area contributed by atoms with Gasteiger partial charge in [-0.25, -0.2) is 15.0 Å². The first kappa shape index (κ1) is 30.9. The first-order chi connectivity index (χ1) is 26.2. The molecular formula is C49H33N3O. The van der Waals surface area contributed by atoms with E-state index in [0.717, 1.165) is 68.5 Å². The number of para-hydroxylation sites is 1. The van der Waals surface area contributed by atoms with Crippen molar-refractivity contribution in [2.75, 3.05) is 0 Å². The lowest BCUT2D eigenvalue weighted by Crippen LogP contribution is -2.01. The molecule has 0 aliphatic heterocycles. The second kappa shape index (κ2) is 13.0. The fraction of sp³-hybridized carbons (Fsp3) is 0.0408. The monoisotopic (exact) mass is 679 g/mol. The van der Waals surface area contributed by atoms with Gasteiger partial charge in [-0.15, -0.1) is 0 Å². The quantitative estimate of drug-likeness (QED) is 0.175. The molecular weight excluding hydrogens is 647 g/mol. The van der Waals surface area contributed by atoms with Gasteiger partial charge in [-0.3, -0.25) is 0 Å². The fourth-order valence-corrected chi connectivity index (χ4v) is 7.55. The van der Waals surface area contributed by atoms with E-state index in [1.54, 1.807) is 0 Å². The molecule has 0 fully saturated rings. The van der Waals surface area contributed by atoms with Crippen LogP contribution in [0, 0.1) is 0 Å².